The van der Waals surface area contributed by atoms with Crippen molar-refractivity contribution in [2.24, 2.45) is 28.6 Å². The molecular formula is C33H43NO7. The van der Waals surface area contributed by atoms with Crippen LogP contribution >= 0.6 is 0 Å². The van der Waals surface area contributed by atoms with Crippen LogP contribution in [0.25, 0.3) is 0 Å². The van der Waals surface area contributed by atoms with Crippen molar-refractivity contribution < 1.29 is 34.1 Å². The van der Waals surface area contributed by atoms with Gasteiger partial charge in [-0.05, 0) is 98.3 Å². The monoisotopic (exact) mass is 565 g/mol. The molecule has 8 heteroatoms. The molecule has 1 aromatic carbocycles. The van der Waals surface area contributed by atoms with Crippen LogP contribution in [-0.2, 0) is 30.3 Å². The molecule has 0 radical (unpaired) electrons. The molecule has 6 atom stereocenters. The van der Waals surface area contributed by atoms with Crippen molar-refractivity contribution in [2.75, 3.05) is 13.2 Å². The van der Waals surface area contributed by atoms with Crippen molar-refractivity contribution in [3.05, 3.63) is 41.5 Å². The molecule has 0 aliphatic heterocycles. The third-order valence-corrected chi connectivity index (χ3v) is 11.2. The molecule has 0 heterocycles. The van der Waals surface area contributed by atoms with E-state index >= 15 is 0 Å². The van der Waals surface area contributed by atoms with Gasteiger partial charge in [-0.15, -0.1) is 0 Å². The molecule has 41 heavy (non-hydrogen) atoms. The van der Waals surface area contributed by atoms with Crippen LogP contribution in [0.15, 0.2) is 35.9 Å². The molecule has 222 valence electrons. The maximum Gasteiger partial charge on any atom is 0.306 e. The molecule has 3 N–H and O–H groups in total. The number of hydrogen-bond donors (Lipinski definition) is 3. The summed E-state index contributed by atoms with van der Waals surface area (Å²) in [4.78, 5) is 50.0. The van der Waals surface area contributed by atoms with Gasteiger partial charge in [0.1, 0.15) is 11.4 Å². The quantitative estimate of drug-likeness (QED) is 0.383. The summed E-state index contributed by atoms with van der Waals surface area (Å²) < 4.78 is 5.25. The minimum Gasteiger partial charge on any atom is -0.508 e. The molecule has 0 bridgehead atoms. The van der Waals surface area contributed by atoms with Gasteiger partial charge >= 0.3 is 5.97 Å². The first-order valence-corrected chi connectivity index (χ1v) is 15.2. The van der Waals surface area contributed by atoms with Crippen molar-refractivity contribution in [1.82, 2.24) is 5.32 Å². The highest BCUT2D eigenvalue weighted by molar-refractivity contribution is 5.92. The number of hydrogen-bond acceptors (Lipinski definition) is 7. The van der Waals surface area contributed by atoms with E-state index in [4.69, 9.17) is 4.74 Å². The Labute approximate surface area is 241 Å². The highest BCUT2D eigenvalue weighted by Crippen LogP contribution is 2.67. The number of benzene rings is 1. The Morgan fingerprint density at radius 2 is 1.71 bits per heavy atom. The Morgan fingerprint density at radius 3 is 2.46 bits per heavy atom. The van der Waals surface area contributed by atoms with Gasteiger partial charge in [0.25, 0.3) is 0 Å². The SMILES string of the molecule is CC12CCC(=O)C=C1CCC1C2CCC2(C)C1CCC2(O)C(=O)COC(=O)CCC(=O)NCCc1ccc(O)cc1. The predicted molar refractivity (Wildman–Crippen MR) is 152 cm³/mol. The van der Waals surface area contributed by atoms with Gasteiger partial charge in [-0.1, -0.05) is 31.6 Å². The Morgan fingerprint density at radius 1 is 0.976 bits per heavy atom. The number of allylic oxidation sites excluding steroid dienone is 1. The first-order valence-electron chi connectivity index (χ1n) is 15.2. The van der Waals surface area contributed by atoms with E-state index in [9.17, 15) is 29.4 Å². The van der Waals surface area contributed by atoms with E-state index in [1.807, 2.05) is 13.0 Å². The number of carbonyl (C=O) groups excluding carboxylic acids is 4. The van der Waals surface area contributed by atoms with Gasteiger partial charge in [0, 0.05) is 24.8 Å². The molecular weight excluding hydrogens is 522 g/mol. The largest absolute Gasteiger partial charge is 0.508 e. The van der Waals surface area contributed by atoms with E-state index in [2.05, 4.69) is 12.2 Å². The van der Waals surface area contributed by atoms with Crippen LogP contribution in [-0.4, -0.2) is 52.4 Å². The summed E-state index contributed by atoms with van der Waals surface area (Å²) in [6, 6.07) is 6.74. The molecule has 0 spiro atoms. The minimum absolute atomic E-state index is 0.0240. The standard InChI is InChI=1S/C33H43NO7/c1-31-15-11-24(36)19-22(31)5-8-25-26(31)12-16-32(2)27(25)13-17-33(32,40)28(37)20-41-30(39)10-9-29(38)34-18-14-21-3-6-23(35)7-4-21/h3-4,6-7,19,25-27,35,40H,5,8-18,20H2,1-2H3,(H,34,38). The molecule has 6 unspecified atom stereocenters. The van der Waals surface area contributed by atoms with Crippen LogP contribution in [0.3, 0.4) is 0 Å². The number of esters is 1. The zero-order chi connectivity index (χ0) is 29.4. The third-order valence-electron chi connectivity index (χ3n) is 11.2. The molecule has 5 rings (SSSR count). The first kappa shape index (κ1) is 29.5. The number of rotatable bonds is 9. The smallest absolute Gasteiger partial charge is 0.306 e. The Bertz CT molecular complexity index is 1240. The van der Waals surface area contributed by atoms with Crippen molar-refractivity contribution >= 4 is 23.4 Å². The predicted octanol–water partition coefficient (Wildman–Crippen LogP) is 4.21. The zero-order valence-electron chi connectivity index (χ0n) is 24.2. The Kier molecular flexibility index (Phi) is 8.16. The molecule has 1 aromatic rings. The zero-order valence-corrected chi connectivity index (χ0v) is 24.2. The fourth-order valence-corrected chi connectivity index (χ4v) is 8.68. The number of amides is 1. The topological polar surface area (TPSA) is 130 Å². The lowest BCUT2D eigenvalue weighted by Crippen LogP contribution is -2.58. The third kappa shape index (κ3) is 5.47. The van der Waals surface area contributed by atoms with E-state index in [-0.39, 0.29) is 41.6 Å². The van der Waals surface area contributed by atoms with Gasteiger partial charge in [0.2, 0.25) is 11.7 Å². The molecule has 3 saturated carbocycles. The lowest BCUT2D eigenvalue weighted by atomic mass is 9.46. The molecule has 4 aliphatic carbocycles. The average molecular weight is 566 g/mol. The van der Waals surface area contributed by atoms with Crippen LogP contribution < -0.4 is 5.32 Å². The van der Waals surface area contributed by atoms with E-state index < -0.39 is 29.4 Å². The Balaban J connectivity index is 1.11. The summed E-state index contributed by atoms with van der Waals surface area (Å²) in [5, 5.41) is 23.9. The van der Waals surface area contributed by atoms with Gasteiger partial charge in [-0.3, -0.25) is 19.2 Å². The number of carbonyl (C=O) groups is 4. The van der Waals surface area contributed by atoms with Crippen LogP contribution in [0, 0.1) is 28.6 Å². The van der Waals surface area contributed by atoms with Crippen molar-refractivity contribution in [3.8, 4) is 5.75 Å². The van der Waals surface area contributed by atoms with Gasteiger partial charge in [-0.25, -0.2) is 0 Å². The van der Waals surface area contributed by atoms with E-state index in [1.54, 1.807) is 24.3 Å². The fraction of sp³-hybridized carbons (Fsp3) is 0.636. The second kappa shape index (κ2) is 11.3. The van der Waals surface area contributed by atoms with Gasteiger partial charge < -0.3 is 20.3 Å². The molecule has 0 aromatic heterocycles. The highest BCUT2D eigenvalue weighted by atomic mass is 16.5. The molecule has 3 fully saturated rings. The molecule has 0 saturated heterocycles. The maximum absolute atomic E-state index is 13.4. The average Bonchev–Trinajstić information content (AvgIpc) is 3.23. The number of ketones is 2. The summed E-state index contributed by atoms with van der Waals surface area (Å²) in [5.74, 6) is 0.131. The van der Waals surface area contributed by atoms with Crippen LogP contribution in [0.1, 0.15) is 83.6 Å². The van der Waals surface area contributed by atoms with Crippen molar-refractivity contribution in [1.29, 1.82) is 0 Å². The number of aromatic hydroxyl groups is 1. The molecule has 8 nitrogen and oxygen atoms in total. The van der Waals surface area contributed by atoms with E-state index in [1.165, 1.54) is 5.57 Å². The van der Waals surface area contributed by atoms with Gasteiger partial charge in [-0.2, -0.15) is 0 Å². The van der Waals surface area contributed by atoms with Crippen LogP contribution in [0.2, 0.25) is 0 Å². The summed E-state index contributed by atoms with van der Waals surface area (Å²) in [6.45, 7) is 4.27. The van der Waals surface area contributed by atoms with E-state index in [0.717, 1.165) is 44.1 Å². The second-order valence-electron chi connectivity index (χ2n) is 13.2. The number of Topliss-reactive ketones (excluding diaryl/α,β-unsaturated/α-hetero) is 1. The van der Waals surface area contributed by atoms with Crippen molar-refractivity contribution in [3.63, 3.8) is 0 Å². The number of aliphatic hydroxyl groups is 1. The highest BCUT2D eigenvalue weighted by Gasteiger charge is 2.66. The van der Waals surface area contributed by atoms with Gasteiger partial charge in [0.15, 0.2) is 12.4 Å². The van der Waals surface area contributed by atoms with Crippen molar-refractivity contribution in [2.45, 2.75) is 90.1 Å². The summed E-state index contributed by atoms with van der Waals surface area (Å²) >= 11 is 0. The van der Waals surface area contributed by atoms with E-state index in [0.29, 0.717) is 37.6 Å². The maximum atomic E-state index is 13.4. The normalized spacial score (nSPS) is 34.1. The fourth-order valence-electron chi connectivity index (χ4n) is 8.68. The number of fused-ring (bicyclic) bond motifs is 5. The van der Waals surface area contributed by atoms with Gasteiger partial charge in [0.05, 0.1) is 6.42 Å². The summed E-state index contributed by atoms with van der Waals surface area (Å²) in [5.41, 5.74) is 0.183. The first-order chi connectivity index (χ1) is 19.5. The lowest BCUT2D eigenvalue weighted by Gasteiger charge is -2.58. The minimum atomic E-state index is -1.53. The number of nitrogens with one attached hydrogen (secondary N) is 1. The lowest BCUT2D eigenvalue weighted by molar-refractivity contribution is -0.170. The second-order valence-corrected chi connectivity index (χ2v) is 13.2. The number of phenolic OH excluding ortho intramolecular Hbond substituents is 1. The van der Waals surface area contributed by atoms with Crippen LogP contribution in [0.5, 0.6) is 5.75 Å². The molecule has 4 aliphatic rings. The number of ether oxygens (including phenoxy) is 1. The number of phenols is 1. The molecule has 1 amide bonds. The van der Waals surface area contributed by atoms with Crippen LogP contribution in [0.4, 0.5) is 0 Å². The summed E-state index contributed by atoms with van der Waals surface area (Å²) in [7, 11) is 0. The Hall–Kier alpha value is -3.00. The summed E-state index contributed by atoms with van der Waals surface area (Å²) in [6.07, 6.45) is 8.46.